The standard InChI is InChI=1S/C11H10INO2S2/c1-7-4-8(9(6-13)15-17-12)11-10(5-7)16-3-2-14-11/h4-5,9H,2-3H2,1H3. The van der Waals surface area contributed by atoms with Crippen LogP contribution in [0.3, 0.4) is 0 Å². The van der Waals surface area contributed by atoms with Crippen molar-refractivity contribution in [2.75, 3.05) is 12.4 Å². The smallest absolute Gasteiger partial charge is 0.188 e. The first-order chi connectivity index (χ1) is 8.26. The van der Waals surface area contributed by atoms with E-state index in [1.165, 1.54) is 9.21 Å². The first kappa shape index (κ1) is 13.3. The van der Waals surface area contributed by atoms with Gasteiger partial charge >= 0.3 is 0 Å². The van der Waals surface area contributed by atoms with Gasteiger partial charge in [0.1, 0.15) is 11.8 Å². The molecule has 90 valence electrons. The van der Waals surface area contributed by atoms with E-state index in [2.05, 4.69) is 12.1 Å². The highest BCUT2D eigenvalue weighted by atomic mass is 127. The Morgan fingerprint density at radius 2 is 2.47 bits per heavy atom. The van der Waals surface area contributed by atoms with Gasteiger partial charge in [-0.15, -0.1) is 11.8 Å². The maximum Gasteiger partial charge on any atom is 0.188 e. The van der Waals surface area contributed by atoms with Gasteiger partial charge in [-0.1, -0.05) is 0 Å². The fourth-order valence-corrected chi connectivity index (χ4v) is 3.50. The number of fused-ring (bicyclic) bond motifs is 1. The number of nitrogens with zero attached hydrogens (tertiary/aromatic N) is 1. The average molecular weight is 379 g/mol. The SMILES string of the molecule is Cc1cc2c(c(C(C#N)OSI)c1)OCCS2. The summed E-state index contributed by atoms with van der Waals surface area (Å²) in [5.41, 5.74) is 1.96. The molecule has 3 nitrogen and oxygen atoms in total. The topological polar surface area (TPSA) is 42.2 Å². The van der Waals surface area contributed by atoms with Crippen molar-refractivity contribution in [3.63, 3.8) is 0 Å². The van der Waals surface area contributed by atoms with Gasteiger partial charge in [0.15, 0.2) is 6.10 Å². The normalized spacial score (nSPS) is 15.6. The number of hydrogen-bond donors (Lipinski definition) is 0. The van der Waals surface area contributed by atoms with E-state index < -0.39 is 6.10 Å². The third-order valence-corrected chi connectivity index (χ3v) is 4.22. The molecule has 0 aromatic heterocycles. The van der Waals surface area contributed by atoms with E-state index in [0.29, 0.717) is 6.61 Å². The Bertz CT molecular complexity index is 462. The van der Waals surface area contributed by atoms with Gasteiger partial charge in [0, 0.05) is 32.5 Å². The molecule has 0 N–H and O–H groups in total. The van der Waals surface area contributed by atoms with Gasteiger partial charge < -0.3 is 4.74 Å². The third-order valence-electron chi connectivity index (χ3n) is 2.35. The summed E-state index contributed by atoms with van der Waals surface area (Å²) in [5.74, 6) is 1.76. The van der Waals surface area contributed by atoms with Crippen LogP contribution in [0.5, 0.6) is 5.75 Å². The molecule has 1 aliphatic rings. The van der Waals surface area contributed by atoms with Crippen molar-refractivity contribution in [2.45, 2.75) is 17.9 Å². The second kappa shape index (κ2) is 6.18. The molecule has 0 saturated heterocycles. The van der Waals surface area contributed by atoms with Crippen LogP contribution in [0.1, 0.15) is 17.2 Å². The first-order valence-electron chi connectivity index (χ1n) is 5.00. The van der Waals surface area contributed by atoms with E-state index in [1.807, 2.05) is 34.2 Å². The predicted octanol–water partition coefficient (Wildman–Crippen LogP) is 4.06. The lowest BCUT2D eigenvalue weighted by atomic mass is 10.1. The minimum atomic E-state index is -0.579. The van der Waals surface area contributed by atoms with Gasteiger partial charge in [-0.05, 0) is 24.6 Å². The van der Waals surface area contributed by atoms with Gasteiger partial charge in [-0.2, -0.15) is 5.26 Å². The van der Waals surface area contributed by atoms with E-state index in [0.717, 1.165) is 27.5 Å². The number of halogens is 1. The Kier molecular flexibility index (Phi) is 4.85. The molecule has 0 bridgehead atoms. The summed E-state index contributed by atoms with van der Waals surface area (Å²) >= 11 is 3.78. The zero-order chi connectivity index (χ0) is 12.3. The van der Waals surface area contributed by atoms with Crippen molar-refractivity contribution in [2.24, 2.45) is 0 Å². The molecule has 6 heteroatoms. The summed E-state index contributed by atoms with van der Waals surface area (Å²) in [6.45, 7) is 2.70. The second-order valence-corrected chi connectivity index (χ2v) is 6.08. The van der Waals surface area contributed by atoms with Crippen molar-refractivity contribution >= 4 is 42.2 Å². The lowest BCUT2D eigenvalue weighted by Gasteiger charge is -2.22. The molecule has 2 rings (SSSR count). The van der Waals surface area contributed by atoms with Gasteiger partial charge in [-0.3, -0.25) is 4.18 Å². The Balaban J connectivity index is 2.45. The Labute approximate surface area is 121 Å². The number of rotatable bonds is 3. The van der Waals surface area contributed by atoms with Crippen LogP contribution in [-0.4, -0.2) is 12.4 Å². The maximum absolute atomic E-state index is 9.15. The first-order valence-corrected chi connectivity index (χ1v) is 9.27. The number of thioether (sulfide) groups is 1. The van der Waals surface area contributed by atoms with Gasteiger partial charge in [-0.25, -0.2) is 0 Å². The molecule has 1 atom stereocenters. The van der Waals surface area contributed by atoms with Crippen LogP contribution in [0.25, 0.3) is 0 Å². The average Bonchev–Trinajstić information content (AvgIpc) is 2.35. The highest BCUT2D eigenvalue weighted by Crippen LogP contribution is 2.41. The number of ether oxygens (including phenoxy) is 1. The fraction of sp³-hybridized carbons (Fsp3) is 0.364. The summed E-state index contributed by atoms with van der Waals surface area (Å²) in [6, 6.07) is 6.21. The third kappa shape index (κ3) is 3.02. The van der Waals surface area contributed by atoms with Crippen LogP contribution < -0.4 is 4.74 Å². The highest BCUT2D eigenvalue weighted by Gasteiger charge is 2.23. The lowest BCUT2D eigenvalue weighted by molar-refractivity contribution is 0.285. The lowest BCUT2D eigenvalue weighted by Crippen LogP contribution is -2.11. The molecular weight excluding hydrogens is 369 g/mol. The molecule has 1 unspecified atom stereocenters. The molecule has 0 amide bonds. The largest absolute Gasteiger partial charge is 0.491 e. The quantitative estimate of drug-likeness (QED) is 0.585. The van der Waals surface area contributed by atoms with E-state index >= 15 is 0 Å². The van der Waals surface area contributed by atoms with E-state index in [1.54, 1.807) is 11.8 Å². The van der Waals surface area contributed by atoms with Gasteiger partial charge in [0.25, 0.3) is 0 Å². The molecule has 0 aliphatic carbocycles. The Hall–Kier alpha value is -0.100. The molecule has 0 saturated carbocycles. The minimum Gasteiger partial charge on any atom is -0.491 e. The van der Waals surface area contributed by atoms with Crippen molar-refractivity contribution < 1.29 is 8.92 Å². The van der Waals surface area contributed by atoms with Crippen LogP contribution in [0, 0.1) is 18.3 Å². The molecule has 0 radical (unpaired) electrons. The molecule has 1 aromatic rings. The van der Waals surface area contributed by atoms with Gasteiger partial charge in [0.2, 0.25) is 0 Å². The molecule has 1 heterocycles. The minimum absolute atomic E-state index is 0.579. The Morgan fingerprint density at radius 3 is 3.18 bits per heavy atom. The van der Waals surface area contributed by atoms with Crippen molar-refractivity contribution in [1.29, 1.82) is 5.26 Å². The number of aryl methyl sites for hydroxylation is 1. The summed E-state index contributed by atoms with van der Waals surface area (Å²) in [7, 11) is 1.17. The van der Waals surface area contributed by atoms with Crippen LogP contribution in [-0.2, 0) is 4.18 Å². The van der Waals surface area contributed by atoms with E-state index in [-0.39, 0.29) is 0 Å². The Morgan fingerprint density at radius 1 is 1.65 bits per heavy atom. The van der Waals surface area contributed by atoms with Crippen molar-refractivity contribution in [3.05, 3.63) is 23.3 Å². The van der Waals surface area contributed by atoms with Crippen LogP contribution in [0.15, 0.2) is 17.0 Å². The molecule has 1 aromatic carbocycles. The molecule has 0 fully saturated rings. The molecule has 1 aliphatic heterocycles. The van der Waals surface area contributed by atoms with Gasteiger partial charge in [0.05, 0.1) is 20.7 Å². The second-order valence-electron chi connectivity index (χ2n) is 3.55. The number of nitriles is 1. The summed E-state index contributed by atoms with van der Waals surface area (Å²) in [5, 5.41) is 9.15. The van der Waals surface area contributed by atoms with Crippen LogP contribution in [0.4, 0.5) is 0 Å². The maximum atomic E-state index is 9.15. The molecule has 0 spiro atoms. The monoisotopic (exact) mass is 379 g/mol. The van der Waals surface area contributed by atoms with E-state index in [9.17, 15) is 0 Å². The number of benzene rings is 1. The molecule has 17 heavy (non-hydrogen) atoms. The number of hydrogen-bond acceptors (Lipinski definition) is 5. The highest BCUT2D eigenvalue weighted by molar-refractivity contribution is 14.2. The van der Waals surface area contributed by atoms with Crippen molar-refractivity contribution in [1.82, 2.24) is 0 Å². The van der Waals surface area contributed by atoms with E-state index in [4.69, 9.17) is 14.2 Å². The zero-order valence-electron chi connectivity index (χ0n) is 9.10. The summed E-state index contributed by atoms with van der Waals surface area (Å²) in [4.78, 5) is 1.11. The summed E-state index contributed by atoms with van der Waals surface area (Å²) < 4.78 is 11.0. The fourth-order valence-electron chi connectivity index (χ4n) is 1.70. The van der Waals surface area contributed by atoms with Crippen LogP contribution in [0.2, 0.25) is 0 Å². The molecular formula is C11H10INO2S2. The zero-order valence-corrected chi connectivity index (χ0v) is 12.9. The van der Waals surface area contributed by atoms with Crippen LogP contribution >= 0.6 is 42.2 Å². The van der Waals surface area contributed by atoms with Crippen molar-refractivity contribution in [3.8, 4) is 11.8 Å². The summed E-state index contributed by atoms with van der Waals surface area (Å²) in [6.07, 6.45) is -0.579. The predicted molar refractivity (Wildman–Crippen MR) is 78.4 cm³/mol.